The molecule has 1 aliphatic heterocycles. The second kappa shape index (κ2) is 4.13. The highest BCUT2D eigenvalue weighted by atomic mass is 16.2. The van der Waals surface area contributed by atoms with E-state index in [-0.39, 0.29) is 35.5 Å². The van der Waals surface area contributed by atoms with Crippen LogP contribution in [0.25, 0.3) is 0 Å². The number of allylic oxidation sites excluding steroid dienone is 4. The van der Waals surface area contributed by atoms with Crippen molar-refractivity contribution in [3.05, 3.63) is 47.7 Å². The standard InChI is InChI=1S/C17H16N2O2/c1-9(2)13-10-6-7-11(13)15-14(10)16(20)19(17(15)21)12-5-3-4-8-18-12/h3-8,10-11,14-15H,1-2H3. The van der Waals surface area contributed by atoms with Gasteiger partial charge in [0, 0.05) is 18.0 Å². The number of carbonyl (C=O) groups is 2. The molecule has 2 heterocycles. The first-order valence-corrected chi connectivity index (χ1v) is 7.25. The lowest BCUT2D eigenvalue weighted by molar-refractivity contribution is -0.123. The number of anilines is 1. The fraction of sp³-hybridized carbons (Fsp3) is 0.353. The number of rotatable bonds is 1. The summed E-state index contributed by atoms with van der Waals surface area (Å²) in [6.07, 6.45) is 5.81. The van der Waals surface area contributed by atoms with E-state index in [1.54, 1.807) is 24.4 Å². The van der Waals surface area contributed by atoms with Gasteiger partial charge in [-0.05, 0) is 26.0 Å². The molecule has 0 N–H and O–H groups in total. The van der Waals surface area contributed by atoms with Crippen LogP contribution in [0.5, 0.6) is 0 Å². The van der Waals surface area contributed by atoms with Gasteiger partial charge < -0.3 is 0 Å². The first-order chi connectivity index (χ1) is 10.1. The fourth-order valence-corrected chi connectivity index (χ4v) is 4.14. The van der Waals surface area contributed by atoms with E-state index in [0.717, 1.165) is 0 Å². The van der Waals surface area contributed by atoms with Gasteiger partial charge in [0.1, 0.15) is 5.82 Å². The number of pyridine rings is 1. The highest BCUT2D eigenvalue weighted by Gasteiger charge is 2.62. The van der Waals surface area contributed by atoms with Gasteiger partial charge in [0.15, 0.2) is 0 Å². The lowest BCUT2D eigenvalue weighted by Crippen LogP contribution is -2.33. The molecule has 4 heteroatoms. The Morgan fingerprint density at radius 1 is 1.05 bits per heavy atom. The Bertz CT molecular complexity index is 667. The van der Waals surface area contributed by atoms with Crippen molar-refractivity contribution >= 4 is 17.6 Å². The molecule has 1 saturated heterocycles. The molecule has 1 saturated carbocycles. The van der Waals surface area contributed by atoms with E-state index in [0.29, 0.717) is 5.82 Å². The van der Waals surface area contributed by atoms with Crippen LogP contribution in [0.3, 0.4) is 0 Å². The van der Waals surface area contributed by atoms with Gasteiger partial charge in [0.2, 0.25) is 11.8 Å². The van der Waals surface area contributed by atoms with Crippen molar-refractivity contribution in [2.75, 3.05) is 4.90 Å². The van der Waals surface area contributed by atoms with E-state index in [1.165, 1.54) is 16.0 Å². The van der Waals surface area contributed by atoms with Crippen LogP contribution in [0.4, 0.5) is 5.82 Å². The number of carbonyl (C=O) groups excluding carboxylic acids is 2. The summed E-state index contributed by atoms with van der Waals surface area (Å²) >= 11 is 0. The molecular formula is C17H16N2O2. The van der Waals surface area contributed by atoms with E-state index in [4.69, 9.17) is 0 Å². The van der Waals surface area contributed by atoms with Crippen LogP contribution in [0.1, 0.15) is 13.8 Å². The normalized spacial score (nSPS) is 33.0. The van der Waals surface area contributed by atoms with Gasteiger partial charge in [-0.3, -0.25) is 9.59 Å². The van der Waals surface area contributed by atoms with Crippen LogP contribution in [0, 0.1) is 23.7 Å². The van der Waals surface area contributed by atoms with Crippen LogP contribution in [-0.2, 0) is 9.59 Å². The van der Waals surface area contributed by atoms with Crippen LogP contribution in [0.15, 0.2) is 47.7 Å². The molecule has 0 spiro atoms. The molecule has 4 rings (SSSR count). The van der Waals surface area contributed by atoms with E-state index < -0.39 is 0 Å². The average molecular weight is 280 g/mol. The van der Waals surface area contributed by atoms with E-state index >= 15 is 0 Å². The smallest absolute Gasteiger partial charge is 0.239 e. The Morgan fingerprint density at radius 2 is 1.67 bits per heavy atom. The first-order valence-electron chi connectivity index (χ1n) is 7.25. The molecule has 2 amide bonds. The summed E-state index contributed by atoms with van der Waals surface area (Å²) in [5.41, 5.74) is 2.50. The zero-order chi connectivity index (χ0) is 14.7. The molecular weight excluding hydrogens is 264 g/mol. The summed E-state index contributed by atoms with van der Waals surface area (Å²) in [4.78, 5) is 31.0. The minimum atomic E-state index is -0.237. The molecule has 2 bridgehead atoms. The number of imide groups is 1. The van der Waals surface area contributed by atoms with E-state index in [1.807, 2.05) is 0 Å². The molecule has 2 fully saturated rings. The molecule has 0 radical (unpaired) electrons. The summed E-state index contributed by atoms with van der Waals surface area (Å²) in [5, 5.41) is 0. The topological polar surface area (TPSA) is 50.3 Å². The second-order valence-corrected chi connectivity index (χ2v) is 6.14. The molecule has 2 aliphatic carbocycles. The number of hydrogen-bond donors (Lipinski definition) is 0. The van der Waals surface area contributed by atoms with Gasteiger partial charge in [-0.25, -0.2) is 9.88 Å². The van der Waals surface area contributed by atoms with Crippen LogP contribution in [-0.4, -0.2) is 16.8 Å². The fourth-order valence-electron chi connectivity index (χ4n) is 4.14. The van der Waals surface area contributed by atoms with Crippen molar-refractivity contribution in [1.29, 1.82) is 0 Å². The molecule has 0 aromatic carbocycles. The average Bonchev–Trinajstić information content (AvgIpc) is 3.10. The molecule has 3 aliphatic rings. The lowest BCUT2D eigenvalue weighted by Gasteiger charge is -2.18. The van der Waals surface area contributed by atoms with Crippen LogP contribution in [0.2, 0.25) is 0 Å². The summed E-state index contributed by atoms with van der Waals surface area (Å²) in [6.45, 7) is 4.13. The van der Waals surface area contributed by atoms with Crippen molar-refractivity contribution in [2.24, 2.45) is 23.7 Å². The predicted octanol–water partition coefficient (Wildman–Crippen LogP) is 2.34. The second-order valence-electron chi connectivity index (χ2n) is 6.14. The number of amides is 2. The Morgan fingerprint density at radius 3 is 2.14 bits per heavy atom. The quantitative estimate of drug-likeness (QED) is 0.586. The lowest BCUT2D eigenvalue weighted by atomic mass is 9.85. The zero-order valence-corrected chi connectivity index (χ0v) is 12.0. The minimum Gasteiger partial charge on any atom is -0.274 e. The maximum atomic E-state index is 12.8. The van der Waals surface area contributed by atoms with Gasteiger partial charge in [-0.1, -0.05) is 29.4 Å². The third kappa shape index (κ3) is 1.47. The highest BCUT2D eigenvalue weighted by molar-refractivity contribution is 6.22. The zero-order valence-electron chi connectivity index (χ0n) is 12.0. The molecule has 4 nitrogen and oxygen atoms in total. The third-order valence-corrected chi connectivity index (χ3v) is 4.87. The SMILES string of the molecule is CC(C)=C1C2C=CC1C1C(=O)N(c3ccccn3)C(=O)C21. The van der Waals surface area contributed by atoms with Crippen molar-refractivity contribution < 1.29 is 9.59 Å². The Labute approximate surface area is 123 Å². The molecule has 21 heavy (non-hydrogen) atoms. The highest BCUT2D eigenvalue weighted by Crippen LogP contribution is 2.56. The maximum Gasteiger partial charge on any atom is 0.239 e. The Hall–Kier alpha value is -2.23. The van der Waals surface area contributed by atoms with E-state index in [9.17, 15) is 9.59 Å². The van der Waals surface area contributed by atoms with Crippen molar-refractivity contribution in [1.82, 2.24) is 4.98 Å². The number of nitrogens with zero attached hydrogens (tertiary/aromatic N) is 2. The summed E-state index contributed by atoms with van der Waals surface area (Å²) in [5.74, 6) is -0.0391. The van der Waals surface area contributed by atoms with Gasteiger partial charge in [-0.2, -0.15) is 0 Å². The van der Waals surface area contributed by atoms with Crippen molar-refractivity contribution in [3.8, 4) is 0 Å². The van der Waals surface area contributed by atoms with Crippen molar-refractivity contribution in [2.45, 2.75) is 13.8 Å². The number of aromatic nitrogens is 1. The van der Waals surface area contributed by atoms with Gasteiger partial charge in [0.25, 0.3) is 0 Å². The molecule has 4 unspecified atom stereocenters. The molecule has 106 valence electrons. The predicted molar refractivity (Wildman–Crippen MR) is 78.2 cm³/mol. The molecule has 1 aromatic heterocycles. The molecule has 1 aromatic rings. The summed E-state index contributed by atoms with van der Waals surface area (Å²) in [6, 6.07) is 5.29. The monoisotopic (exact) mass is 280 g/mol. The van der Waals surface area contributed by atoms with Gasteiger partial charge in [-0.15, -0.1) is 0 Å². The Balaban J connectivity index is 1.79. The third-order valence-electron chi connectivity index (χ3n) is 4.87. The maximum absolute atomic E-state index is 12.8. The summed E-state index contributed by atoms with van der Waals surface area (Å²) in [7, 11) is 0. The van der Waals surface area contributed by atoms with Crippen molar-refractivity contribution in [3.63, 3.8) is 0 Å². The van der Waals surface area contributed by atoms with Crippen LogP contribution >= 0.6 is 0 Å². The number of fused-ring (bicyclic) bond motifs is 5. The van der Waals surface area contributed by atoms with E-state index in [2.05, 4.69) is 31.0 Å². The van der Waals surface area contributed by atoms with Gasteiger partial charge >= 0.3 is 0 Å². The van der Waals surface area contributed by atoms with Gasteiger partial charge in [0.05, 0.1) is 11.8 Å². The first kappa shape index (κ1) is 12.5. The summed E-state index contributed by atoms with van der Waals surface area (Å²) < 4.78 is 0. The Kier molecular flexibility index (Phi) is 2.46. The van der Waals surface area contributed by atoms with Crippen LogP contribution < -0.4 is 4.90 Å². The largest absolute Gasteiger partial charge is 0.274 e. The molecule has 4 atom stereocenters. The number of hydrogen-bond acceptors (Lipinski definition) is 3. The minimum absolute atomic E-state index is 0.0927.